The van der Waals surface area contributed by atoms with E-state index in [0.717, 1.165) is 38.8 Å². The second-order valence-corrected chi connectivity index (χ2v) is 8.47. The third-order valence-corrected chi connectivity index (χ3v) is 5.65. The Bertz CT molecular complexity index is 527. The van der Waals surface area contributed by atoms with Crippen LogP contribution in [0, 0.1) is 5.92 Å². The van der Waals surface area contributed by atoms with Crippen molar-refractivity contribution in [3.63, 3.8) is 0 Å². The van der Waals surface area contributed by atoms with Gasteiger partial charge in [0.05, 0.1) is 17.3 Å². The van der Waals surface area contributed by atoms with Crippen LogP contribution in [0.1, 0.15) is 50.7 Å². The predicted molar refractivity (Wildman–Crippen MR) is 88.2 cm³/mol. The molecular weight excluding hydrogens is 296 g/mol. The van der Waals surface area contributed by atoms with Crippen molar-refractivity contribution in [3.8, 4) is 0 Å². The lowest BCUT2D eigenvalue weighted by molar-refractivity contribution is -0.142. The van der Waals surface area contributed by atoms with Crippen LogP contribution in [-0.2, 0) is 21.4 Å². The monoisotopic (exact) mass is 322 g/mol. The molecule has 0 aromatic carbocycles. The third kappa shape index (κ3) is 3.51. The molecule has 2 saturated heterocycles. The topological polar surface area (TPSA) is 42.4 Å². The van der Waals surface area contributed by atoms with Gasteiger partial charge < -0.3 is 4.74 Å². The Kier molecular flexibility index (Phi) is 4.55. The van der Waals surface area contributed by atoms with E-state index in [1.54, 1.807) is 11.3 Å². The largest absolute Gasteiger partial charge is 0.464 e. The average molecular weight is 322 g/mol. The molecule has 0 N–H and O–H groups in total. The van der Waals surface area contributed by atoms with E-state index in [4.69, 9.17) is 9.72 Å². The Labute approximate surface area is 136 Å². The molecule has 0 radical (unpaired) electrons. The first-order valence-corrected chi connectivity index (χ1v) is 9.17. The smallest absolute Gasteiger partial charge is 0.323 e. The van der Waals surface area contributed by atoms with Crippen LogP contribution in [0.4, 0.5) is 0 Å². The predicted octanol–water partition coefficient (Wildman–Crippen LogP) is 3.01. The lowest BCUT2D eigenvalue weighted by atomic mass is 9.92. The number of hydrogen-bond donors (Lipinski definition) is 0. The standard InChI is InChI=1S/C17H26N2O2S/c1-17(2,3)14-11-22-15(18-14)10-12-4-7-19(8-5-12)13-6-9-21-16(13)20/h11-13H,4-10H2,1-3H3. The molecule has 0 saturated carbocycles. The number of carbonyl (C=O) groups is 1. The molecule has 1 unspecified atom stereocenters. The molecule has 0 spiro atoms. The highest BCUT2D eigenvalue weighted by atomic mass is 32.1. The summed E-state index contributed by atoms with van der Waals surface area (Å²) in [6.07, 6.45) is 4.27. The number of aromatic nitrogens is 1. The number of likely N-dealkylation sites (tertiary alicyclic amines) is 1. The minimum atomic E-state index is -0.0202. The molecule has 1 aromatic rings. The van der Waals surface area contributed by atoms with Crippen molar-refractivity contribution in [1.82, 2.24) is 9.88 Å². The molecule has 3 rings (SSSR count). The minimum absolute atomic E-state index is 0.0202. The Morgan fingerprint density at radius 1 is 1.32 bits per heavy atom. The second-order valence-electron chi connectivity index (χ2n) is 7.53. The van der Waals surface area contributed by atoms with E-state index in [2.05, 4.69) is 31.1 Å². The molecule has 122 valence electrons. The SMILES string of the molecule is CC(C)(C)c1csc(CC2CCN(C3CCOC3=O)CC2)n1. The van der Waals surface area contributed by atoms with E-state index >= 15 is 0 Å². The minimum Gasteiger partial charge on any atom is -0.464 e. The molecule has 2 aliphatic heterocycles. The molecule has 1 aromatic heterocycles. The molecular formula is C17H26N2O2S. The van der Waals surface area contributed by atoms with Gasteiger partial charge >= 0.3 is 5.97 Å². The van der Waals surface area contributed by atoms with Gasteiger partial charge in [-0.1, -0.05) is 20.8 Å². The molecule has 2 fully saturated rings. The average Bonchev–Trinajstić information content (AvgIpc) is 3.08. The lowest BCUT2D eigenvalue weighted by Gasteiger charge is -2.33. The molecule has 0 bridgehead atoms. The van der Waals surface area contributed by atoms with Crippen LogP contribution < -0.4 is 0 Å². The Hall–Kier alpha value is -0.940. The first kappa shape index (κ1) is 15.9. The number of carbonyl (C=O) groups excluding carboxylic acids is 1. The summed E-state index contributed by atoms with van der Waals surface area (Å²) in [7, 11) is 0. The van der Waals surface area contributed by atoms with Crippen LogP contribution in [0.5, 0.6) is 0 Å². The van der Waals surface area contributed by atoms with E-state index in [1.165, 1.54) is 10.7 Å². The van der Waals surface area contributed by atoms with Crippen molar-refractivity contribution < 1.29 is 9.53 Å². The van der Waals surface area contributed by atoms with Crippen LogP contribution in [-0.4, -0.2) is 41.6 Å². The van der Waals surface area contributed by atoms with Gasteiger partial charge in [-0.25, -0.2) is 4.98 Å². The van der Waals surface area contributed by atoms with Gasteiger partial charge in [0.2, 0.25) is 0 Å². The van der Waals surface area contributed by atoms with E-state index in [1.807, 2.05) is 0 Å². The van der Waals surface area contributed by atoms with Crippen molar-refractivity contribution in [3.05, 3.63) is 16.1 Å². The summed E-state index contributed by atoms with van der Waals surface area (Å²) >= 11 is 1.80. The molecule has 0 amide bonds. The zero-order chi connectivity index (χ0) is 15.7. The lowest BCUT2D eigenvalue weighted by Crippen LogP contribution is -2.43. The number of hydrogen-bond acceptors (Lipinski definition) is 5. The zero-order valence-corrected chi connectivity index (χ0v) is 14.6. The van der Waals surface area contributed by atoms with Crippen molar-refractivity contribution >= 4 is 17.3 Å². The number of piperidine rings is 1. The van der Waals surface area contributed by atoms with Gasteiger partial charge in [-0.05, 0) is 31.8 Å². The van der Waals surface area contributed by atoms with E-state index in [9.17, 15) is 4.79 Å². The highest BCUT2D eigenvalue weighted by Gasteiger charge is 2.34. The molecule has 4 nitrogen and oxygen atoms in total. The van der Waals surface area contributed by atoms with Crippen molar-refractivity contribution in [2.24, 2.45) is 5.92 Å². The van der Waals surface area contributed by atoms with E-state index in [0.29, 0.717) is 12.5 Å². The fraction of sp³-hybridized carbons (Fsp3) is 0.765. The van der Waals surface area contributed by atoms with Gasteiger partial charge in [-0.3, -0.25) is 9.69 Å². The molecule has 3 heterocycles. The number of esters is 1. The maximum atomic E-state index is 11.7. The molecule has 22 heavy (non-hydrogen) atoms. The third-order valence-electron chi connectivity index (χ3n) is 4.78. The number of cyclic esters (lactones) is 1. The van der Waals surface area contributed by atoms with Crippen LogP contribution >= 0.6 is 11.3 Å². The van der Waals surface area contributed by atoms with Gasteiger partial charge in [0.15, 0.2) is 0 Å². The van der Waals surface area contributed by atoms with Crippen LogP contribution in [0.3, 0.4) is 0 Å². The zero-order valence-electron chi connectivity index (χ0n) is 13.8. The summed E-state index contributed by atoms with van der Waals surface area (Å²) in [6, 6.07) is 0.0216. The Morgan fingerprint density at radius 3 is 2.59 bits per heavy atom. The van der Waals surface area contributed by atoms with Crippen molar-refractivity contribution in [1.29, 1.82) is 0 Å². The first-order chi connectivity index (χ1) is 10.4. The number of nitrogens with zero attached hydrogens (tertiary/aromatic N) is 2. The van der Waals surface area contributed by atoms with E-state index in [-0.39, 0.29) is 17.4 Å². The Balaban J connectivity index is 1.51. The van der Waals surface area contributed by atoms with Gasteiger partial charge in [0.25, 0.3) is 0 Å². The fourth-order valence-corrected chi connectivity index (χ4v) is 4.42. The second kappa shape index (κ2) is 6.28. The van der Waals surface area contributed by atoms with Crippen LogP contribution in [0.2, 0.25) is 0 Å². The number of ether oxygens (including phenoxy) is 1. The summed E-state index contributed by atoms with van der Waals surface area (Å²) < 4.78 is 5.09. The molecule has 1 atom stereocenters. The van der Waals surface area contributed by atoms with Gasteiger partial charge in [0, 0.05) is 23.6 Å². The van der Waals surface area contributed by atoms with Gasteiger partial charge in [0.1, 0.15) is 6.04 Å². The molecule has 5 heteroatoms. The van der Waals surface area contributed by atoms with Gasteiger partial charge in [-0.2, -0.15) is 0 Å². The fourth-order valence-electron chi connectivity index (χ4n) is 3.28. The Morgan fingerprint density at radius 2 is 2.05 bits per heavy atom. The highest BCUT2D eigenvalue weighted by Crippen LogP contribution is 2.29. The summed E-state index contributed by atoms with van der Waals surface area (Å²) in [4.78, 5) is 18.8. The van der Waals surface area contributed by atoms with Gasteiger partial charge in [-0.15, -0.1) is 11.3 Å². The summed E-state index contributed by atoms with van der Waals surface area (Å²) in [5, 5.41) is 3.47. The van der Waals surface area contributed by atoms with Crippen molar-refractivity contribution in [2.45, 2.75) is 57.9 Å². The molecule has 2 aliphatic rings. The summed E-state index contributed by atoms with van der Waals surface area (Å²) in [6.45, 7) is 9.27. The van der Waals surface area contributed by atoms with E-state index < -0.39 is 0 Å². The quantitative estimate of drug-likeness (QED) is 0.802. The number of thiazole rings is 1. The van der Waals surface area contributed by atoms with Crippen LogP contribution in [0.15, 0.2) is 5.38 Å². The number of rotatable bonds is 3. The van der Waals surface area contributed by atoms with Crippen LogP contribution in [0.25, 0.3) is 0 Å². The molecule has 0 aliphatic carbocycles. The maximum absolute atomic E-state index is 11.7. The highest BCUT2D eigenvalue weighted by molar-refractivity contribution is 7.09. The summed E-state index contributed by atoms with van der Waals surface area (Å²) in [5.74, 6) is 0.681. The summed E-state index contributed by atoms with van der Waals surface area (Å²) in [5.41, 5.74) is 1.35. The first-order valence-electron chi connectivity index (χ1n) is 8.29. The maximum Gasteiger partial charge on any atom is 0.323 e. The normalized spacial score (nSPS) is 24.7. The van der Waals surface area contributed by atoms with Crippen molar-refractivity contribution in [2.75, 3.05) is 19.7 Å².